The van der Waals surface area contributed by atoms with Gasteiger partial charge >= 0.3 is 11.9 Å². The topological polar surface area (TPSA) is 133 Å². The van der Waals surface area contributed by atoms with Crippen molar-refractivity contribution in [3.63, 3.8) is 0 Å². The Kier molecular flexibility index (Phi) is 7.67. The Hall–Kier alpha value is -2.53. The molecule has 2 aliphatic rings. The average Bonchev–Trinajstić information content (AvgIpc) is 3.25. The summed E-state index contributed by atoms with van der Waals surface area (Å²) in [5.41, 5.74) is 2.05. The molecule has 3 heterocycles. The predicted octanol–water partition coefficient (Wildman–Crippen LogP) is 0.414. The average molecular weight is 398 g/mol. The first-order valence-electron chi connectivity index (χ1n) is 8.45. The summed E-state index contributed by atoms with van der Waals surface area (Å²) >= 11 is 1.18. The quantitative estimate of drug-likeness (QED) is 0.677. The fourth-order valence-electron chi connectivity index (χ4n) is 2.73. The van der Waals surface area contributed by atoms with E-state index in [9.17, 15) is 4.79 Å². The molecule has 3 rings (SSSR count). The zero-order valence-electron chi connectivity index (χ0n) is 15.0. The number of aromatic nitrogens is 2. The molecule has 0 aromatic carbocycles. The minimum absolute atomic E-state index is 0.229. The molecule has 11 heteroatoms. The lowest BCUT2D eigenvalue weighted by atomic mass is 10.1. The predicted molar refractivity (Wildman–Crippen MR) is 96.6 cm³/mol. The van der Waals surface area contributed by atoms with Gasteiger partial charge in [-0.05, 0) is 25.5 Å². The van der Waals surface area contributed by atoms with Crippen LogP contribution in [-0.2, 0) is 14.4 Å². The van der Waals surface area contributed by atoms with E-state index in [-0.39, 0.29) is 5.91 Å². The molecule has 0 unspecified atom stereocenters. The minimum atomic E-state index is -1.82. The summed E-state index contributed by atoms with van der Waals surface area (Å²) in [6.07, 6.45) is 4.88. The van der Waals surface area contributed by atoms with E-state index in [2.05, 4.69) is 26.8 Å². The van der Waals surface area contributed by atoms with Gasteiger partial charge in [-0.2, -0.15) is 4.37 Å². The summed E-state index contributed by atoms with van der Waals surface area (Å²) < 4.78 is 14.4. The van der Waals surface area contributed by atoms with Crippen molar-refractivity contribution in [1.82, 2.24) is 18.5 Å². The van der Waals surface area contributed by atoms with Gasteiger partial charge in [0.2, 0.25) is 5.91 Å². The maximum absolute atomic E-state index is 11.5. The van der Waals surface area contributed by atoms with Crippen molar-refractivity contribution < 1.29 is 29.3 Å². The molecule has 27 heavy (non-hydrogen) atoms. The van der Waals surface area contributed by atoms with Gasteiger partial charge in [-0.15, -0.1) is 4.37 Å². The number of likely N-dealkylation sites (tertiary alicyclic amines) is 1. The standard InChI is InChI=1S/C14H20N4O2S.C2H2O4/c1-17-6-2-4-11(10-17)13-14(16-21-15-13)20-9-8-18-7-3-5-12(18)19;3-1(4)2(5)6/h4H,2-3,5-10H2,1H3;(H,3,4)(H,5,6). The number of carbonyl (C=O) groups excluding carboxylic acids is 1. The number of ether oxygens (including phenoxy) is 1. The lowest BCUT2D eigenvalue weighted by molar-refractivity contribution is -0.159. The number of carboxylic acid groups (broad SMARTS) is 2. The van der Waals surface area contributed by atoms with Gasteiger partial charge in [-0.25, -0.2) is 9.59 Å². The normalized spacial score (nSPS) is 17.1. The molecular formula is C16H22N4O6S. The molecule has 2 N–H and O–H groups in total. The lowest BCUT2D eigenvalue weighted by Crippen LogP contribution is -2.29. The van der Waals surface area contributed by atoms with Crippen molar-refractivity contribution in [2.45, 2.75) is 19.3 Å². The first-order valence-corrected chi connectivity index (χ1v) is 9.18. The van der Waals surface area contributed by atoms with Crippen LogP contribution in [0, 0.1) is 0 Å². The summed E-state index contributed by atoms with van der Waals surface area (Å²) in [7, 11) is 2.10. The van der Waals surface area contributed by atoms with E-state index in [0.717, 1.165) is 38.2 Å². The first-order chi connectivity index (χ1) is 12.9. The first kappa shape index (κ1) is 20.8. The summed E-state index contributed by atoms with van der Waals surface area (Å²) in [4.78, 5) is 33.9. The Labute approximate surface area is 160 Å². The molecule has 1 aromatic rings. The molecule has 1 aromatic heterocycles. The number of hydrogen-bond donors (Lipinski definition) is 2. The van der Waals surface area contributed by atoms with Crippen LogP contribution in [0.5, 0.6) is 5.88 Å². The minimum Gasteiger partial charge on any atom is -0.474 e. The molecule has 0 spiro atoms. The van der Waals surface area contributed by atoms with E-state index < -0.39 is 11.9 Å². The van der Waals surface area contributed by atoms with Gasteiger partial charge in [0.05, 0.1) is 18.3 Å². The van der Waals surface area contributed by atoms with Crippen LogP contribution in [0.25, 0.3) is 5.57 Å². The fraction of sp³-hybridized carbons (Fsp3) is 0.562. The van der Waals surface area contributed by atoms with Crippen molar-refractivity contribution >= 4 is 35.1 Å². The van der Waals surface area contributed by atoms with Crippen molar-refractivity contribution in [1.29, 1.82) is 0 Å². The van der Waals surface area contributed by atoms with Gasteiger partial charge < -0.3 is 24.7 Å². The van der Waals surface area contributed by atoms with Crippen molar-refractivity contribution in [2.75, 3.05) is 39.8 Å². The third-order valence-corrected chi connectivity index (χ3v) is 4.57. The molecule has 10 nitrogen and oxygen atoms in total. The van der Waals surface area contributed by atoms with Gasteiger partial charge in [0, 0.05) is 26.1 Å². The summed E-state index contributed by atoms with van der Waals surface area (Å²) in [6.45, 7) is 3.92. The number of carboxylic acids is 2. The third kappa shape index (κ3) is 6.29. The number of hydrogen-bond acceptors (Lipinski definition) is 8. The second-order valence-corrected chi connectivity index (χ2v) is 6.65. The van der Waals surface area contributed by atoms with E-state index >= 15 is 0 Å². The molecular weight excluding hydrogens is 376 g/mol. The maximum atomic E-state index is 11.5. The van der Waals surface area contributed by atoms with E-state index in [1.165, 1.54) is 17.3 Å². The highest BCUT2D eigenvalue weighted by Crippen LogP contribution is 2.26. The highest BCUT2D eigenvalue weighted by molar-refractivity contribution is 6.99. The van der Waals surface area contributed by atoms with E-state index in [1.807, 2.05) is 4.90 Å². The number of nitrogens with zero attached hydrogens (tertiary/aromatic N) is 4. The summed E-state index contributed by atoms with van der Waals surface area (Å²) in [5.74, 6) is -2.81. The van der Waals surface area contributed by atoms with Gasteiger partial charge in [0.1, 0.15) is 12.3 Å². The second-order valence-electron chi connectivity index (χ2n) is 6.12. The molecule has 1 fully saturated rings. The van der Waals surface area contributed by atoms with Crippen LogP contribution in [-0.4, -0.2) is 86.4 Å². The van der Waals surface area contributed by atoms with Crippen molar-refractivity contribution in [3.8, 4) is 5.88 Å². The van der Waals surface area contributed by atoms with E-state index in [0.29, 0.717) is 25.5 Å². The molecule has 2 aliphatic heterocycles. The molecule has 1 saturated heterocycles. The SMILES string of the molecule is CN1CCC=C(c2nsnc2OCCN2CCCC2=O)C1.O=C(O)C(=O)O. The van der Waals surface area contributed by atoms with Gasteiger partial charge in [-0.3, -0.25) is 4.79 Å². The van der Waals surface area contributed by atoms with E-state index in [1.54, 1.807) is 0 Å². The molecule has 0 bridgehead atoms. The molecule has 148 valence electrons. The van der Waals surface area contributed by atoms with Gasteiger partial charge in [0.15, 0.2) is 0 Å². The Morgan fingerprint density at radius 3 is 2.59 bits per heavy atom. The number of amides is 1. The highest BCUT2D eigenvalue weighted by atomic mass is 32.1. The molecule has 0 radical (unpaired) electrons. The molecule has 1 amide bonds. The van der Waals surface area contributed by atoms with E-state index in [4.69, 9.17) is 24.5 Å². The van der Waals surface area contributed by atoms with Gasteiger partial charge in [0.25, 0.3) is 5.88 Å². The van der Waals surface area contributed by atoms with Gasteiger partial charge in [-0.1, -0.05) is 6.08 Å². The molecule has 0 atom stereocenters. The molecule has 0 aliphatic carbocycles. The summed E-state index contributed by atoms with van der Waals surface area (Å²) in [5, 5.41) is 14.8. The number of likely N-dealkylation sites (N-methyl/N-ethyl adjacent to an activating group) is 1. The maximum Gasteiger partial charge on any atom is 0.414 e. The Morgan fingerprint density at radius 1 is 1.26 bits per heavy atom. The van der Waals surface area contributed by atoms with Crippen LogP contribution in [0.1, 0.15) is 25.0 Å². The smallest absolute Gasteiger partial charge is 0.414 e. The van der Waals surface area contributed by atoms with Crippen LogP contribution in [0.2, 0.25) is 0 Å². The van der Waals surface area contributed by atoms with Crippen LogP contribution < -0.4 is 4.74 Å². The zero-order chi connectivity index (χ0) is 19.8. The number of carbonyl (C=O) groups is 3. The Morgan fingerprint density at radius 2 is 2.00 bits per heavy atom. The molecule has 0 saturated carbocycles. The number of aliphatic carboxylic acids is 2. The van der Waals surface area contributed by atoms with Crippen LogP contribution in [0.3, 0.4) is 0 Å². The zero-order valence-corrected chi connectivity index (χ0v) is 15.8. The van der Waals surface area contributed by atoms with Crippen LogP contribution >= 0.6 is 11.7 Å². The fourth-order valence-corrected chi connectivity index (χ4v) is 3.26. The van der Waals surface area contributed by atoms with Crippen molar-refractivity contribution in [2.24, 2.45) is 0 Å². The van der Waals surface area contributed by atoms with Crippen LogP contribution in [0.15, 0.2) is 6.08 Å². The number of rotatable bonds is 5. The highest BCUT2D eigenvalue weighted by Gasteiger charge is 2.21. The second kappa shape index (κ2) is 9.97. The van der Waals surface area contributed by atoms with Crippen LogP contribution in [0.4, 0.5) is 0 Å². The Balaban J connectivity index is 0.000000380. The monoisotopic (exact) mass is 398 g/mol. The van der Waals surface area contributed by atoms with Crippen molar-refractivity contribution in [3.05, 3.63) is 11.8 Å². The Bertz CT molecular complexity index is 708. The summed E-state index contributed by atoms with van der Waals surface area (Å²) in [6, 6.07) is 0. The largest absolute Gasteiger partial charge is 0.474 e. The third-order valence-electron chi connectivity index (χ3n) is 4.06. The lowest BCUT2D eigenvalue weighted by Gasteiger charge is -2.22.